The van der Waals surface area contributed by atoms with Crippen LogP contribution in [0.3, 0.4) is 0 Å². The standard InChI is InChI=1S/C15H17BrN2O4/c1-22-14(20)8-7-13(19)17-9-2-10-18(17)15(21)11-3-5-12(16)6-4-11/h3-6H,2,7-10H2,1H3. The molecule has 1 aliphatic heterocycles. The predicted molar refractivity (Wildman–Crippen MR) is 82.8 cm³/mol. The summed E-state index contributed by atoms with van der Waals surface area (Å²) in [4.78, 5) is 35.8. The molecule has 0 atom stereocenters. The number of methoxy groups -OCH3 is 1. The van der Waals surface area contributed by atoms with Gasteiger partial charge in [-0.15, -0.1) is 0 Å². The van der Waals surface area contributed by atoms with Crippen LogP contribution in [0.2, 0.25) is 0 Å². The summed E-state index contributed by atoms with van der Waals surface area (Å²) in [5.74, 6) is -0.886. The minimum atomic E-state index is -0.432. The van der Waals surface area contributed by atoms with Crippen LogP contribution in [0, 0.1) is 0 Å². The zero-order valence-corrected chi connectivity index (χ0v) is 13.8. The first-order chi connectivity index (χ1) is 10.5. The van der Waals surface area contributed by atoms with Crippen molar-refractivity contribution in [3.8, 4) is 0 Å². The molecule has 0 aromatic heterocycles. The number of nitrogens with zero attached hydrogens (tertiary/aromatic N) is 2. The molecule has 0 aliphatic carbocycles. The summed E-state index contributed by atoms with van der Waals surface area (Å²) in [5.41, 5.74) is 0.524. The molecule has 2 amide bonds. The van der Waals surface area contributed by atoms with E-state index in [1.165, 1.54) is 17.1 Å². The summed E-state index contributed by atoms with van der Waals surface area (Å²) in [6.07, 6.45) is 0.787. The van der Waals surface area contributed by atoms with Gasteiger partial charge in [-0.05, 0) is 30.7 Å². The molecule has 1 aromatic rings. The normalized spacial score (nSPS) is 14.1. The molecule has 2 rings (SSSR count). The lowest BCUT2D eigenvalue weighted by molar-refractivity contribution is -0.146. The molecule has 1 aromatic carbocycles. The van der Waals surface area contributed by atoms with E-state index in [1.54, 1.807) is 24.3 Å². The van der Waals surface area contributed by atoms with Crippen molar-refractivity contribution in [3.63, 3.8) is 0 Å². The number of amides is 2. The number of hydrogen-bond donors (Lipinski definition) is 0. The smallest absolute Gasteiger partial charge is 0.306 e. The van der Waals surface area contributed by atoms with Crippen LogP contribution in [-0.2, 0) is 14.3 Å². The Morgan fingerprint density at radius 2 is 1.73 bits per heavy atom. The topological polar surface area (TPSA) is 66.9 Å². The maximum atomic E-state index is 12.5. The molecule has 1 saturated heterocycles. The average molecular weight is 369 g/mol. The maximum Gasteiger partial charge on any atom is 0.306 e. The molecule has 0 N–H and O–H groups in total. The maximum absolute atomic E-state index is 12.5. The van der Waals surface area contributed by atoms with Crippen LogP contribution in [0.25, 0.3) is 0 Å². The van der Waals surface area contributed by atoms with Crippen molar-refractivity contribution in [2.45, 2.75) is 19.3 Å². The molecule has 0 spiro atoms. The fraction of sp³-hybridized carbons (Fsp3) is 0.400. The SMILES string of the molecule is COC(=O)CCC(=O)N1CCCN1C(=O)c1ccc(Br)cc1. The van der Waals surface area contributed by atoms with Gasteiger partial charge >= 0.3 is 5.97 Å². The lowest BCUT2D eigenvalue weighted by Gasteiger charge is -2.28. The third-order valence-corrected chi connectivity index (χ3v) is 3.94. The van der Waals surface area contributed by atoms with Crippen molar-refractivity contribution < 1.29 is 19.1 Å². The number of carbonyl (C=O) groups excluding carboxylic acids is 3. The molecular weight excluding hydrogens is 352 g/mol. The van der Waals surface area contributed by atoms with Gasteiger partial charge in [0.25, 0.3) is 5.91 Å². The summed E-state index contributed by atoms with van der Waals surface area (Å²) < 4.78 is 5.41. The second kappa shape index (κ2) is 7.40. The van der Waals surface area contributed by atoms with E-state index in [2.05, 4.69) is 20.7 Å². The molecule has 1 fully saturated rings. The fourth-order valence-electron chi connectivity index (χ4n) is 2.26. The van der Waals surface area contributed by atoms with Crippen molar-refractivity contribution in [1.29, 1.82) is 0 Å². The molecule has 7 heteroatoms. The third kappa shape index (κ3) is 3.85. The number of ether oxygens (including phenoxy) is 1. The van der Waals surface area contributed by atoms with Crippen molar-refractivity contribution in [2.75, 3.05) is 20.2 Å². The minimum Gasteiger partial charge on any atom is -0.469 e. The third-order valence-electron chi connectivity index (χ3n) is 3.42. The first-order valence-electron chi connectivity index (χ1n) is 6.97. The summed E-state index contributed by atoms with van der Waals surface area (Å²) in [5, 5.41) is 2.87. The van der Waals surface area contributed by atoms with E-state index < -0.39 is 5.97 Å². The van der Waals surface area contributed by atoms with Crippen LogP contribution < -0.4 is 0 Å². The molecule has 0 bridgehead atoms. The van der Waals surface area contributed by atoms with Gasteiger partial charge in [0.15, 0.2) is 0 Å². The van der Waals surface area contributed by atoms with Gasteiger partial charge in [0.1, 0.15) is 0 Å². The van der Waals surface area contributed by atoms with Crippen LogP contribution >= 0.6 is 15.9 Å². The monoisotopic (exact) mass is 368 g/mol. The van der Waals surface area contributed by atoms with E-state index in [9.17, 15) is 14.4 Å². The average Bonchev–Trinajstić information content (AvgIpc) is 3.01. The quantitative estimate of drug-likeness (QED) is 0.762. The van der Waals surface area contributed by atoms with Crippen LogP contribution in [0.4, 0.5) is 0 Å². The van der Waals surface area contributed by atoms with Crippen molar-refractivity contribution in [2.24, 2.45) is 0 Å². The molecule has 0 radical (unpaired) electrons. The van der Waals surface area contributed by atoms with Crippen molar-refractivity contribution >= 4 is 33.7 Å². The highest BCUT2D eigenvalue weighted by Gasteiger charge is 2.31. The molecule has 6 nitrogen and oxygen atoms in total. The zero-order chi connectivity index (χ0) is 16.1. The van der Waals surface area contributed by atoms with E-state index in [-0.39, 0.29) is 24.7 Å². The first kappa shape index (κ1) is 16.5. The molecular formula is C15H17BrN2O4. The van der Waals surface area contributed by atoms with Gasteiger partial charge < -0.3 is 4.74 Å². The second-order valence-corrected chi connectivity index (χ2v) is 5.80. The lowest BCUT2D eigenvalue weighted by atomic mass is 10.2. The highest BCUT2D eigenvalue weighted by molar-refractivity contribution is 9.10. The zero-order valence-electron chi connectivity index (χ0n) is 12.3. The number of hydrogen-bond acceptors (Lipinski definition) is 4. The van der Waals surface area contributed by atoms with Crippen molar-refractivity contribution in [1.82, 2.24) is 10.0 Å². The number of rotatable bonds is 4. The number of hydrazine groups is 1. The Labute approximate surface area is 137 Å². The van der Waals surface area contributed by atoms with Gasteiger partial charge in [-0.25, -0.2) is 5.01 Å². The Balaban J connectivity index is 2.03. The summed E-state index contributed by atoms with van der Waals surface area (Å²) >= 11 is 3.32. The van der Waals surface area contributed by atoms with Gasteiger partial charge in [-0.1, -0.05) is 15.9 Å². The summed E-state index contributed by atoms with van der Waals surface area (Å²) in [6.45, 7) is 0.987. The van der Waals surface area contributed by atoms with Crippen molar-refractivity contribution in [3.05, 3.63) is 34.3 Å². The molecule has 22 heavy (non-hydrogen) atoms. The summed E-state index contributed by atoms with van der Waals surface area (Å²) in [6, 6.07) is 6.99. The van der Waals surface area contributed by atoms with Gasteiger partial charge in [0.05, 0.1) is 13.5 Å². The Morgan fingerprint density at radius 1 is 1.09 bits per heavy atom. The highest BCUT2D eigenvalue weighted by atomic mass is 79.9. The fourth-order valence-corrected chi connectivity index (χ4v) is 2.53. The van der Waals surface area contributed by atoms with Crippen LogP contribution in [-0.4, -0.2) is 48.0 Å². The molecule has 0 saturated carbocycles. The molecule has 118 valence electrons. The van der Waals surface area contributed by atoms with Crippen LogP contribution in [0.1, 0.15) is 29.6 Å². The molecule has 1 heterocycles. The van der Waals surface area contributed by atoms with Gasteiger partial charge in [0, 0.05) is 29.5 Å². The van der Waals surface area contributed by atoms with E-state index in [1.807, 2.05) is 0 Å². The Hall–Kier alpha value is -1.89. The largest absolute Gasteiger partial charge is 0.469 e. The second-order valence-electron chi connectivity index (χ2n) is 4.88. The van der Waals surface area contributed by atoms with Gasteiger partial charge in [-0.3, -0.25) is 19.4 Å². The number of esters is 1. The molecule has 0 unspecified atom stereocenters. The van der Waals surface area contributed by atoms with Crippen LogP contribution in [0.5, 0.6) is 0 Å². The number of halogens is 1. The van der Waals surface area contributed by atoms with Crippen LogP contribution in [0.15, 0.2) is 28.7 Å². The van der Waals surface area contributed by atoms with E-state index >= 15 is 0 Å². The predicted octanol–water partition coefficient (Wildman–Crippen LogP) is 1.99. The number of carbonyl (C=O) groups is 3. The Kier molecular flexibility index (Phi) is 5.54. The van der Waals surface area contributed by atoms with E-state index in [0.717, 1.165) is 10.9 Å². The first-order valence-corrected chi connectivity index (χ1v) is 7.76. The van der Waals surface area contributed by atoms with Gasteiger partial charge in [-0.2, -0.15) is 0 Å². The Bertz CT molecular complexity index is 573. The Morgan fingerprint density at radius 3 is 2.36 bits per heavy atom. The molecule has 1 aliphatic rings. The van der Waals surface area contributed by atoms with E-state index in [0.29, 0.717) is 18.7 Å². The highest BCUT2D eigenvalue weighted by Crippen LogP contribution is 2.18. The number of benzene rings is 1. The van der Waals surface area contributed by atoms with Gasteiger partial charge in [0.2, 0.25) is 5.91 Å². The lowest BCUT2D eigenvalue weighted by Crippen LogP contribution is -2.44. The van der Waals surface area contributed by atoms with E-state index in [4.69, 9.17) is 0 Å². The minimum absolute atomic E-state index is 0.0200. The summed E-state index contributed by atoms with van der Waals surface area (Å²) in [7, 11) is 1.28.